The van der Waals surface area contributed by atoms with Crippen molar-refractivity contribution in [1.29, 1.82) is 0 Å². The van der Waals surface area contributed by atoms with Crippen molar-refractivity contribution in [3.05, 3.63) is 64.3 Å². The highest BCUT2D eigenvalue weighted by molar-refractivity contribution is 6.42. The van der Waals surface area contributed by atoms with Gasteiger partial charge in [0.05, 0.1) is 10.0 Å². The van der Waals surface area contributed by atoms with Gasteiger partial charge in [-0.2, -0.15) is 0 Å². The van der Waals surface area contributed by atoms with E-state index in [0.717, 1.165) is 29.9 Å². The van der Waals surface area contributed by atoms with Crippen molar-refractivity contribution in [2.24, 2.45) is 0 Å². The Bertz CT molecular complexity index is 573. The number of benzene rings is 1. The SMILES string of the molecule is C/C=C(\C)c1ccc(Cl)c(Cl)c1.C=C(C)C(=C)N(CC)CCCC. The topological polar surface area (TPSA) is 3.24 Å². The molecular formula is C21H31Cl2N. The van der Waals surface area contributed by atoms with Crippen LogP contribution in [0.2, 0.25) is 10.0 Å². The molecule has 0 radical (unpaired) electrons. The van der Waals surface area contributed by atoms with Gasteiger partial charge in [0.15, 0.2) is 0 Å². The number of unbranched alkanes of at least 4 members (excludes halogenated alkanes) is 1. The summed E-state index contributed by atoms with van der Waals surface area (Å²) in [6.07, 6.45) is 4.51. The van der Waals surface area contributed by atoms with E-state index in [0.29, 0.717) is 10.0 Å². The monoisotopic (exact) mass is 367 g/mol. The van der Waals surface area contributed by atoms with Gasteiger partial charge in [-0.25, -0.2) is 0 Å². The van der Waals surface area contributed by atoms with E-state index >= 15 is 0 Å². The van der Waals surface area contributed by atoms with Gasteiger partial charge in [0.25, 0.3) is 0 Å². The molecule has 0 aliphatic rings. The number of likely N-dealkylation sites (N-methyl/N-ethyl adjacent to an activating group) is 1. The van der Waals surface area contributed by atoms with E-state index in [2.05, 4.69) is 31.9 Å². The minimum atomic E-state index is 0.601. The Kier molecular flexibility index (Phi) is 11.6. The van der Waals surface area contributed by atoms with Crippen LogP contribution >= 0.6 is 23.2 Å². The normalized spacial score (nSPS) is 10.7. The molecule has 1 rings (SSSR count). The fraction of sp³-hybridized carbons (Fsp3) is 0.429. The van der Waals surface area contributed by atoms with Crippen LogP contribution in [0.4, 0.5) is 0 Å². The highest BCUT2D eigenvalue weighted by Gasteiger charge is 2.04. The van der Waals surface area contributed by atoms with Crippen LogP contribution in [0.15, 0.2) is 48.7 Å². The molecule has 0 aliphatic heterocycles. The highest BCUT2D eigenvalue weighted by atomic mass is 35.5. The Labute approximate surface area is 158 Å². The molecule has 134 valence electrons. The molecule has 0 aromatic heterocycles. The van der Waals surface area contributed by atoms with Crippen LogP contribution in [0.25, 0.3) is 5.57 Å². The van der Waals surface area contributed by atoms with Crippen molar-refractivity contribution in [2.75, 3.05) is 13.1 Å². The van der Waals surface area contributed by atoms with Gasteiger partial charge < -0.3 is 4.90 Å². The van der Waals surface area contributed by atoms with Crippen molar-refractivity contribution in [3.63, 3.8) is 0 Å². The lowest BCUT2D eigenvalue weighted by molar-refractivity contribution is 0.362. The molecule has 0 atom stereocenters. The van der Waals surface area contributed by atoms with Gasteiger partial charge in [0.2, 0.25) is 0 Å². The Morgan fingerprint density at radius 1 is 1.12 bits per heavy atom. The van der Waals surface area contributed by atoms with Crippen molar-refractivity contribution < 1.29 is 0 Å². The van der Waals surface area contributed by atoms with E-state index in [-0.39, 0.29) is 0 Å². The summed E-state index contributed by atoms with van der Waals surface area (Å²) in [4.78, 5) is 2.28. The molecule has 3 heteroatoms. The van der Waals surface area contributed by atoms with Crippen LogP contribution < -0.4 is 0 Å². The molecule has 0 spiro atoms. The molecule has 1 aromatic carbocycles. The zero-order valence-corrected chi connectivity index (χ0v) is 17.3. The van der Waals surface area contributed by atoms with Crippen molar-refractivity contribution in [1.82, 2.24) is 4.90 Å². The van der Waals surface area contributed by atoms with E-state index in [1.54, 1.807) is 0 Å². The summed E-state index contributed by atoms with van der Waals surface area (Å²) >= 11 is 11.6. The van der Waals surface area contributed by atoms with E-state index in [4.69, 9.17) is 23.2 Å². The minimum Gasteiger partial charge on any atom is -0.372 e. The number of hydrogen-bond acceptors (Lipinski definition) is 1. The van der Waals surface area contributed by atoms with Crippen LogP contribution in [0, 0.1) is 0 Å². The highest BCUT2D eigenvalue weighted by Crippen LogP contribution is 2.25. The maximum Gasteiger partial charge on any atom is 0.0598 e. The lowest BCUT2D eigenvalue weighted by Gasteiger charge is -2.25. The number of halogens is 2. The van der Waals surface area contributed by atoms with Crippen LogP contribution in [-0.2, 0) is 0 Å². The first kappa shape index (κ1) is 22.8. The molecule has 0 aliphatic carbocycles. The molecule has 0 saturated carbocycles. The van der Waals surface area contributed by atoms with Crippen molar-refractivity contribution >= 4 is 28.8 Å². The summed E-state index contributed by atoms with van der Waals surface area (Å²) in [5, 5.41) is 1.21. The molecule has 1 nitrogen and oxygen atoms in total. The Morgan fingerprint density at radius 2 is 1.75 bits per heavy atom. The van der Waals surface area contributed by atoms with Gasteiger partial charge in [0, 0.05) is 18.8 Å². The first-order chi connectivity index (χ1) is 11.3. The van der Waals surface area contributed by atoms with Gasteiger partial charge in [0.1, 0.15) is 0 Å². The van der Waals surface area contributed by atoms with E-state index in [1.165, 1.54) is 18.4 Å². The maximum atomic E-state index is 5.86. The Morgan fingerprint density at radius 3 is 2.17 bits per heavy atom. The summed E-state index contributed by atoms with van der Waals surface area (Å²) in [5.41, 5.74) is 4.49. The molecule has 0 fully saturated rings. The molecule has 0 unspecified atom stereocenters. The standard InChI is InChI=1S/C11H21N.C10H10Cl2/c1-6-8-9-12(7-2)11(5)10(3)4;1-3-7(2)8-4-5-9(11)10(12)6-8/h3,5-9H2,1-2,4H3;3-6H,1-2H3/b;7-3+. The van der Waals surface area contributed by atoms with Gasteiger partial charge in [-0.05, 0) is 63.0 Å². The molecule has 0 bridgehead atoms. The second-order valence-corrected chi connectivity index (χ2v) is 6.58. The quantitative estimate of drug-likeness (QED) is 0.448. The molecule has 0 heterocycles. The largest absolute Gasteiger partial charge is 0.372 e. The maximum absolute atomic E-state index is 5.86. The molecular weight excluding hydrogens is 337 g/mol. The van der Waals surface area contributed by atoms with E-state index in [1.807, 2.05) is 45.0 Å². The molecule has 1 aromatic rings. The van der Waals surface area contributed by atoms with E-state index in [9.17, 15) is 0 Å². The zero-order chi connectivity index (χ0) is 18.7. The van der Waals surface area contributed by atoms with Gasteiger partial charge in [-0.15, -0.1) is 0 Å². The summed E-state index contributed by atoms with van der Waals surface area (Å²) in [6.45, 7) is 20.5. The van der Waals surface area contributed by atoms with E-state index < -0.39 is 0 Å². The summed E-state index contributed by atoms with van der Waals surface area (Å²) in [6, 6.07) is 5.65. The Balaban J connectivity index is 0.000000441. The lowest BCUT2D eigenvalue weighted by atomic mass is 10.1. The third-order valence-electron chi connectivity index (χ3n) is 3.85. The predicted molar refractivity (Wildman–Crippen MR) is 112 cm³/mol. The second-order valence-electron chi connectivity index (χ2n) is 5.76. The van der Waals surface area contributed by atoms with Gasteiger partial charge in [-0.3, -0.25) is 0 Å². The summed E-state index contributed by atoms with van der Waals surface area (Å²) in [5.74, 6) is 0. The number of rotatable bonds is 7. The zero-order valence-electron chi connectivity index (χ0n) is 15.8. The average molecular weight is 368 g/mol. The summed E-state index contributed by atoms with van der Waals surface area (Å²) < 4.78 is 0. The number of allylic oxidation sites excluding steroid dienone is 3. The van der Waals surface area contributed by atoms with Crippen LogP contribution in [0.3, 0.4) is 0 Å². The predicted octanol–water partition coefficient (Wildman–Crippen LogP) is 7.61. The molecule has 0 saturated heterocycles. The molecule has 0 N–H and O–H groups in total. The number of nitrogens with zero attached hydrogens (tertiary/aromatic N) is 1. The van der Waals surface area contributed by atoms with Gasteiger partial charge >= 0.3 is 0 Å². The summed E-state index contributed by atoms with van der Waals surface area (Å²) in [7, 11) is 0. The second kappa shape index (κ2) is 12.2. The van der Waals surface area contributed by atoms with Crippen LogP contribution in [0.1, 0.15) is 53.0 Å². The van der Waals surface area contributed by atoms with Crippen molar-refractivity contribution in [2.45, 2.75) is 47.5 Å². The van der Waals surface area contributed by atoms with Crippen LogP contribution in [-0.4, -0.2) is 18.0 Å². The third kappa shape index (κ3) is 8.08. The third-order valence-corrected chi connectivity index (χ3v) is 4.58. The smallest absolute Gasteiger partial charge is 0.0598 e. The minimum absolute atomic E-state index is 0.601. The first-order valence-electron chi connectivity index (χ1n) is 8.46. The first-order valence-corrected chi connectivity index (χ1v) is 9.22. The lowest BCUT2D eigenvalue weighted by Crippen LogP contribution is -2.23. The Hall–Kier alpha value is -1.18. The molecule has 24 heavy (non-hydrogen) atoms. The fourth-order valence-electron chi connectivity index (χ4n) is 2.01. The van der Waals surface area contributed by atoms with Crippen LogP contribution in [0.5, 0.6) is 0 Å². The molecule has 0 amide bonds. The number of hydrogen-bond donors (Lipinski definition) is 0. The fourth-order valence-corrected chi connectivity index (χ4v) is 2.31. The van der Waals surface area contributed by atoms with Gasteiger partial charge in [-0.1, -0.05) is 61.8 Å². The van der Waals surface area contributed by atoms with Crippen molar-refractivity contribution in [3.8, 4) is 0 Å². The average Bonchev–Trinajstić information content (AvgIpc) is 2.57.